The van der Waals surface area contributed by atoms with Gasteiger partial charge >= 0.3 is 0 Å². The van der Waals surface area contributed by atoms with Gasteiger partial charge in [-0.15, -0.1) is 0 Å². The number of ether oxygens (including phenoxy) is 1. The summed E-state index contributed by atoms with van der Waals surface area (Å²) in [4.78, 5) is 4.61. The molecule has 0 unspecified atom stereocenters. The van der Waals surface area contributed by atoms with Gasteiger partial charge in [-0.3, -0.25) is 0 Å². The summed E-state index contributed by atoms with van der Waals surface area (Å²) >= 11 is 0. The lowest BCUT2D eigenvalue weighted by Gasteiger charge is -2.07. The maximum absolute atomic E-state index is 5.63. The van der Waals surface area contributed by atoms with E-state index in [1.807, 2.05) is 0 Å². The molecule has 140 valence electrons. The van der Waals surface area contributed by atoms with Crippen LogP contribution in [0.1, 0.15) is 111 Å². The minimum absolute atomic E-state index is 0.0123. The molecule has 2 heteroatoms. The normalized spacial score (nSPS) is 16.5. The van der Waals surface area contributed by atoms with E-state index < -0.39 is 0 Å². The first-order valence-electron chi connectivity index (χ1n) is 10.5. The van der Waals surface area contributed by atoms with E-state index in [0.29, 0.717) is 0 Å². The molecular formula is C22H41NO. The van der Waals surface area contributed by atoms with Crippen molar-refractivity contribution in [1.82, 2.24) is 0 Å². The van der Waals surface area contributed by atoms with Gasteiger partial charge in [-0.1, -0.05) is 70.4 Å². The summed E-state index contributed by atoms with van der Waals surface area (Å²) in [6, 6.07) is 0. The smallest absolute Gasteiger partial charge is 0.183 e. The molecule has 0 aliphatic carbocycles. The number of hydrogen-bond acceptors (Lipinski definition) is 2. The van der Waals surface area contributed by atoms with Crippen molar-refractivity contribution < 1.29 is 4.74 Å². The third-order valence-corrected chi connectivity index (χ3v) is 4.67. The Morgan fingerprint density at radius 1 is 0.833 bits per heavy atom. The SMILES string of the molecule is CCCCCCC/C=C/CCCCCCCCC1=NC(C)(C)CO1. The van der Waals surface area contributed by atoms with Gasteiger partial charge < -0.3 is 4.74 Å². The molecule has 0 saturated heterocycles. The molecular weight excluding hydrogens is 294 g/mol. The number of unbranched alkanes of at least 4 members (excludes halogenated alkanes) is 11. The van der Waals surface area contributed by atoms with E-state index in [9.17, 15) is 0 Å². The van der Waals surface area contributed by atoms with Gasteiger partial charge in [-0.2, -0.15) is 0 Å². The van der Waals surface area contributed by atoms with Crippen LogP contribution in [0.2, 0.25) is 0 Å². The lowest BCUT2D eigenvalue weighted by molar-refractivity contribution is 0.273. The van der Waals surface area contributed by atoms with Crippen LogP contribution in [0.25, 0.3) is 0 Å². The van der Waals surface area contributed by atoms with Gasteiger partial charge in [0.2, 0.25) is 0 Å². The van der Waals surface area contributed by atoms with E-state index in [0.717, 1.165) is 18.9 Å². The molecule has 0 aromatic rings. The number of allylic oxidation sites excluding steroid dienone is 2. The second-order valence-electron chi connectivity index (χ2n) is 7.94. The molecule has 0 aromatic heterocycles. The molecule has 0 atom stereocenters. The molecule has 1 rings (SSSR count). The fourth-order valence-electron chi connectivity index (χ4n) is 3.14. The third-order valence-electron chi connectivity index (χ3n) is 4.67. The summed E-state index contributed by atoms with van der Waals surface area (Å²) in [7, 11) is 0. The van der Waals surface area contributed by atoms with E-state index in [4.69, 9.17) is 4.74 Å². The van der Waals surface area contributed by atoms with Crippen LogP contribution in [-0.2, 0) is 4.74 Å². The highest BCUT2D eigenvalue weighted by Crippen LogP contribution is 2.19. The van der Waals surface area contributed by atoms with Gasteiger partial charge in [0, 0.05) is 6.42 Å². The zero-order valence-corrected chi connectivity index (χ0v) is 16.6. The van der Waals surface area contributed by atoms with E-state index >= 15 is 0 Å². The molecule has 0 spiro atoms. The minimum atomic E-state index is 0.0123. The Morgan fingerprint density at radius 2 is 1.38 bits per heavy atom. The van der Waals surface area contributed by atoms with Gasteiger partial charge in [-0.05, 0) is 46.0 Å². The topological polar surface area (TPSA) is 21.6 Å². The zero-order valence-electron chi connectivity index (χ0n) is 16.6. The van der Waals surface area contributed by atoms with Crippen LogP contribution >= 0.6 is 0 Å². The van der Waals surface area contributed by atoms with Crippen molar-refractivity contribution in [2.75, 3.05) is 6.61 Å². The second-order valence-corrected chi connectivity index (χ2v) is 7.94. The van der Waals surface area contributed by atoms with Crippen molar-refractivity contribution in [3.8, 4) is 0 Å². The maximum atomic E-state index is 5.63. The Kier molecular flexibility index (Phi) is 12.0. The molecule has 0 radical (unpaired) electrons. The fraction of sp³-hybridized carbons (Fsp3) is 0.864. The largest absolute Gasteiger partial charge is 0.478 e. The zero-order chi connectivity index (χ0) is 17.5. The lowest BCUT2D eigenvalue weighted by Crippen LogP contribution is -2.17. The quantitative estimate of drug-likeness (QED) is 0.228. The van der Waals surface area contributed by atoms with Crippen molar-refractivity contribution in [2.24, 2.45) is 4.99 Å². The van der Waals surface area contributed by atoms with Crippen LogP contribution < -0.4 is 0 Å². The van der Waals surface area contributed by atoms with Crippen LogP contribution in [-0.4, -0.2) is 18.0 Å². The average molecular weight is 336 g/mol. The van der Waals surface area contributed by atoms with Crippen molar-refractivity contribution in [3.05, 3.63) is 12.2 Å². The molecule has 0 fully saturated rings. The highest BCUT2D eigenvalue weighted by molar-refractivity contribution is 5.78. The van der Waals surface area contributed by atoms with Crippen LogP contribution in [0.3, 0.4) is 0 Å². The number of rotatable bonds is 15. The predicted molar refractivity (Wildman–Crippen MR) is 107 cm³/mol. The van der Waals surface area contributed by atoms with Crippen LogP contribution in [0.4, 0.5) is 0 Å². The third kappa shape index (κ3) is 11.7. The van der Waals surface area contributed by atoms with Gasteiger partial charge in [0.05, 0.1) is 5.54 Å². The number of nitrogens with zero attached hydrogens (tertiary/aromatic N) is 1. The van der Waals surface area contributed by atoms with Crippen LogP contribution in [0.15, 0.2) is 17.1 Å². The molecule has 1 aliphatic rings. The molecule has 0 amide bonds. The summed E-state index contributed by atoms with van der Waals surface area (Å²) in [6.07, 6.45) is 23.4. The maximum Gasteiger partial charge on any atom is 0.183 e. The first-order valence-corrected chi connectivity index (χ1v) is 10.5. The molecule has 0 saturated carbocycles. The average Bonchev–Trinajstić information content (AvgIpc) is 2.90. The standard InChI is InChI=1S/C22H41NO/c1-4-5-6-7-8-9-10-11-12-13-14-15-16-17-18-19-21-23-22(2,3)20-24-21/h10-11H,4-9,12-20H2,1-3H3/b11-10+. The van der Waals surface area contributed by atoms with E-state index in [-0.39, 0.29) is 5.54 Å². The van der Waals surface area contributed by atoms with E-state index in [1.54, 1.807) is 0 Å². The summed E-state index contributed by atoms with van der Waals surface area (Å²) in [6.45, 7) is 7.32. The van der Waals surface area contributed by atoms with Crippen molar-refractivity contribution in [1.29, 1.82) is 0 Å². The summed E-state index contributed by atoms with van der Waals surface area (Å²) < 4.78 is 5.63. The minimum Gasteiger partial charge on any atom is -0.478 e. The molecule has 24 heavy (non-hydrogen) atoms. The lowest BCUT2D eigenvalue weighted by atomic mass is 10.1. The van der Waals surface area contributed by atoms with Gasteiger partial charge in [0.25, 0.3) is 0 Å². The number of aliphatic imine (C=N–C) groups is 1. The molecule has 0 bridgehead atoms. The molecule has 1 aliphatic heterocycles. The van der Waals surface area contributed by atoms with E-state index in [2.05, 4.69) is 37.9 Å². The van der Waals surface area contributed by atoms with Crippen molar-refractivity contribution in [3.63, 3.8) is 0 Å². The van der Waals surface area contributed by atoms with Gasteiger partial charge in [0.15, 0.2) is 5.90 Å². The predicted octanol–water partition coefficient (Wildman–Crippen LogP) is 7.23. The first kappa shape index (κ1) is 21.3. The Labute approximate surface area is 151 Å². The molecule has 0 aromatic carbocycles. The fourth-order valence-corrected chi connectivity index (χ4v) is 3.14. The summed E-state index contributed by atoms with van der Waals surface area (Å²) in [5.74, 6) is 0.986. The Balaban J connectivity index is 1.79. The molecule has 2 nitrogen and oxygen atoms in total. The number of hydrogen-bond donors (Lipinski definition) is 0. The Hall–Kier alpha value is -0.790. The highest BCUT2D eigenvalue weighted by atomic mass is 16.5. The molecule has 1 heterocycles. The van der Waals surface area contributed by atoms with Gasteiger partial charge in [-0.25, -0.2) is 4.99 Å². The van der Waals surface area contributed by atoms with Gasteiger partial charge in [0.1, 0.15) is 6.61 Å². The Bertz CT molecular complexity index is 357. The van der Waals surface area contributed by atoms with Crippen molar-refractivity contribution >= 4 is 5.90 Å². The summed E-state index contributed by atoms with van der Waals surface area (Å²) in [5.41, 5.74) is 0.0123. The Morgan fingerprint density at radius 3 is 1.92 bits per heavy atom. The highest BCUT2D eigenvalue weighted by Gasteiger charge is 2.25. The van der Waals surface area contributed by atoms with Crippen molar-refractivity contribution in [2.45, 2.75) is 116 Å². The van der Waals surface area contributed by atoms with E-state index in [1.165, 1.54) is 83.5 Å². The summed E-state index contributed by atoms with van der Waals surface area (Å²) in [5, 5.41) is 0. The van der Waals surface area contributed by atoms with Crippen LogP contribution in [0, 0.1) is 0 Å². The molecule has 0 N–H and O–H groups in total. The first-order chi connectivity index (χ1) is 11.6. The second kappa shape index (κ2) is 13.5. The monoisotopic (exact) mass is 335 g/mol. The van der Waals surface area contributed by atoms with Crippen LogP contribution in [0.5, 0.6) is 0 Å².